The predicted octanol–water partition coefficient (Wildman–Crippen LogP) is 5.55. The Balaban J connectivity index is 1.31. The third kappa shape index (κ3) is 7.26. The topological polar surface area (TPSA) is 96.5 Å². The average Bonchev–Trinajstić information content (AvgIpc) is 2.86. The van der Waals surface area contributed by atoms with Gasteiger partial charge in [0.2, 0.25) is 16.0 Å². The molecule has 1 heterocycles. The molecule has 1 aliphatic rings. The fraction of sp³-hybridized carbons (Fsp3) is 0.440. The number of halogens is 4. The molecule has 13 heteroatoms. The highest BCUT2D eigenvalue weighted by Gasteiger charge is 2.34. The van der Waals surface area contributed by atoms with Crippen molar-refractivity contribution in [2.24, 2.45) is 11.8 Å². The SMILES string of the molecule is CN(C)c1nc(NCC2CCC(CNS(=O)(=O)c3cc(Br)ccc3OC(F)(F)F)CC2)nc2ccccc12. The Morgan fingerprint density at radius 1 is 1.03 bits per heavy atom. The molecule has 1 aromatic heterocycles. The standard InChI is InChI=1S/C25H29BrF3N5O3S/c1-34(2)23-19-5-3-4-6-20(19)32-24(33-23)30-14-16-7-9-17(10-8-16)15-31-38(35,36)22-13-18(26)11-12-21(22)37-25(27,28)29/h3-6,11-13,16-17,31H,7-10,14-15H2,1-2H3,(H,30,32,33). The van der Waals surface area contributed by atoms with E-state index in [1.807, 2.05) is 43.3 Å². The number of anilines is 2. The van der Waals surface area contributed by atoms with Gasteiger partial charge in [-0.2, -0.15) is 4.98 Å². The highest BCUT2D eigenvalue weighted by Crippen LogP contribution is 2.33. The minimum atomic E-state index is -5.00. The molecule has 0 aliphatic heterocycles. The first-order valence-electron chi connectivity index (χ1n) is 12.1. The van der Waals surface area contributed by atoms with Crippen molar-refractivity contribution in [1.82, 2.24) is 14.7 Å². The molecule has 38 heavy (non-hydrogen) atoms. The third-order valence-electron chi connectivity index (χ3n) is 6.50. The maximum absolute atomic E-state index is 12.8. The quantitative estimate of drug-likeness (QED) is 0.325. The van der Waals surface area contributed by atoms with Gasteiger partial charge in [0, 0.05) is 37.0 Å². The van der Waals surface area contributed by atoms with Gasteiger partial charge in [-0.25, -0.2) is 18.1 Å². The molecular formula is C25H29BrF3N5O3S. The van der Waals surface area contributed by atoms with Crippen LogP contribution in [0.2, 0.25) is 0 Å². The van der Waals surface area contributed by atoms with Crippen LogP contribution in [-0.2, 0) is 10.0 Å². The van der Waals surface area contributed by atoms with Crippen molar-refractivity contribution >= 4 is 48.6 Å². The van der Waals surface area contributed by atoms with E-state index >= 15 is 0 Å². The number of nitrogens with zero attached hydrogens (tertiary/aromatic N) is 3. The van der Waals surface area contributed by atoms with E-state index in [1.165, 1.54) is 6.07 Å². The highest BCUT2D eigenvalue weighted by atomic mass is 79.9. The number of sulfonamides is 1. The molecule has 0 amide bonds. The van der Waals surface area contributed by atoms with E-state index in [4.69, 9.17) is 0 Å². The zero-order chi connectivity index (χ0) is 27.5. The Kier molecular flexibility index (Phi) is 8.68. The largest absolute Gasteiger partial charge is 0.573 e. The molecule has 0 bridgehead atoms. The molecular weight excluding hydrogens is 587 g/mol. The van der Waals surface area contributed by atoms with Gasteiger partial charge in [-0.3, -0.25) is 0 Å². The summed E-state index contributed by atoms with van der Waals surface area (Å²) in [6.07, 6.45) is -1.66. The second-order valence-corrected chi connectivity index (χ2v) is 12.2. The summed E-state index contributed by atoms with van der Waals surface area (Å²) in [4.78, 5) is 10.7. The summed E-state index contributed by atoms with van der Waals surface area (Å²) >= 11 is 3.11. The normalized spacial score (nSPS) is 18.4. The molecule has 2 N–H and O–H groups in total. The number of aromatic nitrogens is 2. The Hall–Kier alpha value is -2.64. The second-order valence-electron chi connectivity index (χ2n) is 9.54. The minimum absolute atomic E-state index is 0.0809. The summed E-state index contributed by atoms with van der Waals surface area (Å²) in [5.74, 6) is 1.09. The molecule has 3 aromatic rings. The molecule has 206 valence electrons. The molecule has 4 rings (SSSR count). The maximum Gasteiger partial charge on any atom is 0.573 e. The lowest BCUT2D eigenvalue weighted by molar-refractivity contribution is -0.275. The lowest BCUT2D eigenvalue weighted by Gasteiger charge is -2.29. The van der Waals surface area contributed by atoms with Gasteiger partial charge in [-0.1, -0.05) is 28.1 Å². The highest BCUT2D eigenvalue weighted by molar-refractivity contribution is 9.10. The van der Waals surface area contributed by atoms with Crippen LogP contribution in [0.3, 0.4) is 0 Å². The van der Waals surface area contributed by atoms with Crippen LogP contribution in [0.1, 0.15) is 25.7 Å². The van der Waals surface area contributed by atoms with Crippen molar-refractivity contribution in [3.63, 3.8) is 0 Å². The van der Waals surface area contributed by atoms with Crippen molar-refractivity contribution in [1.29, 1.82) is 0 Å². The lowest BCUT2D eigenvalue weighted by Crippen LogP contribution is -2.33. The van der Waals surface area contributed by atoms with E-state index in [-0.39, 0.29) is 12.5 Å². The molecule has 0 radical (unpaired) electrons. The summed E-state index contributed by atoms with van der Waals surface area (Å²) in [5.41, 5.74) is 0.860. The van der Waals surface area contributed by atoms with Gasteiger partial charge in [0.05, 0.1) is 5.52 Å². The summed E-state index contributed by atoms with van der Waals surface area (Å²) in [6.45, 7) is 0.834. The number of nitrogens with one attached hydrogen (secondary N) is 2. The van der Waals surface area contributed by atoms with Gasteiger partial charge in [0.15, 0.2) is 0 Å². The third-order valence-corrected chi connectivity index (χ3v) is 8.44. The van der Waals surface area contributed by atoms with E-state index in [0.29, 0.717) is 22.9 Å². The Labute approximate surface area is 228 Å². The summed E-state index contributed by atoms with van der Waals surface area (Å²) < 4.78 is 70.6. The van der Waals surface area contributed by atoms with Crippen molar-refractivity contribution in [3.05, 3.63) is 46.9 Å². The number of fused-ring (bicyclic) bond motifs is 1. The molecule has 0 unspecified atom stereocenters. The van der Waals surface area contributed by atoms with E-state index in [1.54, 1.807) is 0 Å². The number of para-hydroxylation sites is 1. The first-order chi connectivity index (χ1) is 17.9. The molecule has 8 nitrogen and oxygen atoms in total. The van der Waals surface area contributed by atoms with Crippen LogP contribution in [0.5, 0.6) is 5.75 Å². The fourth-order valence-corrected chi connectivity index (χ4v) is 6.34. The summed E-state index contributed by atoms with van der Waals surface area (Å²) in [6, 6.07) is 11.2. The van der Waals surface area contributed by atoms with Gasteiger partial charge in [0.1, 0.15) is 16.5 Å². The molecule has 2 aromatic carbocycles. The molecule has 0 saturated heterocycles. The molecule has 1 fully saturated rings. The van der Waals surface area contributed by atoms with Crippen LogP contribution in [0, 0.1) is 11.8 Å². The summed E-state index contributed by atoms with van der Waals surface area (Å²) in [7, 11) is -0.333. The van der Waals surface area contributed by atoms with E-state index in [2.05, 4.69) is 40.7 Å². The number of hydrogen-bond donors (Lipinski definition) is 2. The van der Waals surface area contributed by atoms with Gasteiger partial charge >= 0.3 is 6.36 Å². The van der Waals surface area contributed by atoms with Crippen LogP contribution < -0.4 is 19.7 Å². The van der Waals surface area contributed by atoms with Crippen molar-refractivity contribution < 1.29 is 26.3 Å². The van der Waals surface area contributed by atoms with Crippen LogP contribution in [0.4, 0.5) is 24.9 Å². The van der Waals surface area contributed by atoms with Crippen molar-refractivity contribution in [2.45, 2.75) is 36.9 Å². The Morgan fingerprint density at radius 2 is 1.68 bits per heavy atom. The van der Waals surface area contributed by atoms with Crippen molar-refractivity contribution in [3.8, 4) is 5.75 Å². The molecule has 0 atom stereocenters. The molecule has 0 spiro atoms. The lowest BCUT2D eigenvalue weighted by atomic mass is 9.82. The number of benzene rings is 2. The average molecular weight is 617 g/mol. The molecule has 1 saturated carbocycles. The van der Waals surface area contributed by atoms with Gasteiger partial charge in [0.25, 0.3) is 0 Å². The maximum atomic E-state index is 12.8. The zero-order valence-electron chi connectivity index (χ0n) is 20.9. The molecule has 1 aliphatic carbocycles. The monoisotopic (exact) mass is 615 g/mol. The number of rotatable bonds is 9. The van der Waals surface area contributed by atoms with Crippen LogP contribution >= 0.6 is 15.9 Å². The van der Waals surface area contributed by atoms with Crippen molar-refractivity contribution in [2.75, 3.05) is 37.4 Å². The van der Waals surface area contributed by atoms with E-state index in [9.17, 15) is 21.6 Å². The first kappa shape index (κ1) is 28.4. The number of alkyl halides is 3. The van der Waals surface area contributed by atoms with Gasteiger partial charge < -0.3 is 15.0 Å². The second kappa shape index (κ2) is 11.6. The fourth-order valence-electron chi connectivity index (χ4n) is 4.56. The predicted molar refractivity (Wildman–Crippen MR) is 144 cm³/mol. The Morgan fingerprint density at radius 3 is 2.34 bits per heavy atom. The van der Waals surface area contributed by atoms with E-state index in [0.717, 1.165) is 54.5 Å². The van der Waals surface area contributed by atoms with Gasteiger partial charge in [-0.05, 0) is 67.9 Å². The smallest absolute Gasteiger partial charge is 0.404 e. The number of ether oxygens (including phenoxy) is 1. The first-order valence-corrected chi connectivity index (χ1v) is 14.4. The number of hydrogen-bond acceptors (Lipinski definition) is 7. The Bertz CT molecular complexity index is 1380. The minimum Gasteiger partial charge on any atom is -0.404 e. The van der Waals surface area contributed by atoms with Crippen LogP contribution in [0.25, 0.3) is 10.9 Å². The van der Waals surface area contributed by atoms with Crippen LogP contribution in [-0.4, -0.2) is 51.9 Å². The van der Waals surface area contributed by atoms with Gasteiger partial charge in [-0.15, -0.1) is 13.2 Å². The van der Waals surface area contributed by atoms with E-state index < -0.39 is 27.0 Å². The van der Waals surface area contributed by atoms with Crippen LogP contribution in [0.15, 0.2) is 51.8 Å². The zero-order valence-corrected chi connectivity index (χ0v) is 23.3. The summed E-state index contributed by atoms with van der Waals surface area (Å²) in [5, 5.41) is 4.33.